The van der Waals surface area contributed by atoms with Crippen LogP contribution in [0.4, 0.5) is 0 Å². The Bertz CT molecular complexity index is 683. The van der Waals surface area contributed by atoms with Crippen LogP contribution in [0.25, 0.3) is 0 Å². The van der Waals surface area contributed by atoms with E-state index in [1.807, 2.05) is 12.1 Å². The van der Waals surface area contributed by atoms with Crippen molar-refractivity contribution in [2.75, 3.05) is 19.6 Å². The molecule has 1 aliphatic carbocycles. The van der Waals surface area contributed by atoms with Gasteiger partial charge in [-0.1, -0.05) is 30.3 Å². The molecule has 1 saturated carbocycles. The van der Waals surface area contributed by atoms with Gasteiger partial charge in [0.05, 0.1) is 6.26 Å². The molecule has 0 bridgehead atoms. The van der Waals surface area contributed by atoms with Crippen LogP contribution >= 0.6 is 0 Å². The van der Waals surface area contributed by atoms with Crippen molar-refractivity contribution in [2.24, 2.45) is 11.8 Å². The van der Waals surface area contributed by atoms with Crippen LogP contribution < -0.4 is 5.32 Å². The summed E-state index contributed by atoms with van der Waals surface area (Å²) in [7, 11) is 0. The molecule has 2 aromatic rings. The number of hydrogen-bond donors (Lipinski definition) is 1. The number of likely N-dealkylation sites (tertiary alicyclic amines) is 1. The van der Waals surface area contributed by atoms with Crippen LogP contribution in [0.15, 0.2) is 53.1 Å². The van der Waals surface area contributed by atoms with Gasteiger partial charge in [-0.05, 0) is 49.4 Å². The minimum absolute atomic E-state index is 0.107. The molecule has 4 nitrogen and oxygen atoms in total. The minimum Gasteiger partial charge on any atom is -0.469 e. The van der Waals surface area contributed by atoms with E-state index in [1.54, 1.807) is 6.26 Å². The maximum atomic E-state index is 12.4. The maximum absolute atomic E-state index is 12.4. The van der Waals surface area contributed by atoms with Crippen molar-refractivity contribution in [1.82, 2.24) is 10.2 Å². The highest BCUT2D eigenvalue weighted by Crippen LogP contribution is 2.47. The van der Waals surface area contributed by atoms with Gasteiger partial charge in [-0.25, -0.2) is 0 Å². The third-order valence-corrected chi connectivity index (χ3v) is 5.45. The molecule has 4 rings (SSSR count). The lowest BCUT2D eigenvalue weighted by atomic mass is 9.97. The number of piperidine rings is 1. The van der Waals surface area contributed by atoms with Gasteiger partial charge >= 0.3 is 0 Å². The molecule has 1 aromatic carbocycles. The van der Waals surface area contributed by atoms with E-state index in [0.717, 1.165) is 38.4 Å². The minimum atomic E-state index is 0.107. The quantitative estimate of drug-likeness (QED) is 0.878. The van der Waals surface area contributed by atoms with E-state index in [0.29, 0.717) is 5.92 Å². The molecule has 3 atom stereocenters. The van der Waals surface area contributed by atoms with Crippen LogP contribution in [0.3, 0.4) is 0 Å². The first-order valence-electron chi connectivity index (χ1n) is 9.37. The van der Waals surface area contributed by atoms with Gasteiger partial charge in [0.2, 0.25) is 5.91 Å². The average Bonchev–Trinajstić information content (AvgIpc) is 3.26. The van der Waals surface area contributed by atoms with Crippen LogP contribution in [0.2, 0.25) is 0 Å². The van der Waals surface area contributed by atoms with Crippen molar-refractivity contribution in [1.29, 1.82) is 0 Å². The number of carbonyl (C=O) groups excluding carboxylic acids is 1. The zero-order valence-electron chi connectivity index (χ0n) is 14.6. The normalized spacial score (nSPS) is 26.3. The van der Waals surface area contributed by atoms with Crippen LogP contribution in [0.5, 0.6) is 0 Å². The molecule has 25 heavy (non-hydrogen) atoms. The number of carbonyl (C=O) groups is 1. The fourth-order valence-corrected chi connectivity index (χ4v) is 3.98. The summed E-state index contributed by atoms with van der Waals surface area (Å²) >= 11 is 0. The van der Waals surface area contributed by atoms with E-state index < -0.39 is 0 Å². The number of furan rings is 1. The van der Waals surface area contributed by atoms with Gasteiger partial charge < -0.3 is 9.73 Å². The highest BCUT2D eigenvalue weighted by atomic mass is 16.3. The molecule has 132 valence electrons. The molecule has 1 N–H and O–H groups in total. The van der Waals surface area contributed by atoms with E-state index >= 15 is 0 Å². The van der Waals surface area contributed by atoms with Crippen molar-refractivity contribution in [3.63, 3.8) is 0 Å². The fraction of sp³-hybridized carbons (Fsp3) is 0.476. The average molecular weight is 338 g/mol. The Morgan fingerprint density at radius 3 is 2.88 bits per heavy atom. The predicted molar refractivity (Wildman–Crippen MR) is 97.0 cm³/mol. The lowest BCUT2D eigenvalue weighted by Crippen LogP contribution is -2.41. The highest BCUT2D eigenvalue weighted by molar-refractivity contribution is 5.82. The Hall–Kier alpha value is -2.07. The summed E-state index contributed by atoms with van der Waals surface area (Å²) in [6.07, 6.45) is 5.03. The summed E-state index contributed by atoms with van der Waals surface area (Å²) in [4.78, 5) is 14.9. The smallest absolute Gasteiger partial charge is 0.223 e. The Balaban J connectivity index is 1.22. The summed E-state index contributed by atoms with van der Waals surface area (Å²) in [6.45, 7) is 4.03. The SMILES string of the molecule is O=C(NC[C@@H]1CCCN(Cc2ccccc2)C1)[C@H]1C[C@H]1c1ccco1. The maximum Gasteiger partial charge on any atom is 0.223 e. The summed E-state index contributed by atoms with van der Waals surface area (Å²) in [5, 5.41) is 3.18. The van der Waals surface area contributed by atoms with Gasteiger partial charge in [-0.3, -0.25) is 9.69 Å². The molecule has 1 saturated heterocycles. The Labute approximate surface area is 149 Å². The van der Waals surface area contributed by atoms with Gasteiger partial charge in [-0.2, -0.15) is 0 Å². The van der Waals surface area contributed by atoms with Crippen molar-refractivity contribution >= 4 is 5.91 Å². The number of nitrogens with zero attached hydrogens (tertiary/aromatic N) is 1. The molecule has 1 aliphatic heterocycles. The molecule has 0 radical (unpaired) electrons. The Kier molecular flexibility index (Phi) is 4.88. The van der Waals surface area contributed by atoms with Crippen molar-refractivity contribution in [3.05, 3.63) is 60.1 Å². The first-order valence-corrected chi connectivity index (χ1v) is 9.37. The first kappa shape index (κ1) is 16.4. The van der Waals surface area contributed by atoms with Gasteiger partial charge in [0.25, 0.3) is 0 Å². The number of hydrogen-bond acceptors (Lipinski definition) is 3. The molecule has 2 heterocycles. The van der Waals surface area contributed by atoms with E-state index in [1.165, 1.54) is 18.4 Å². The standard InChI is InChI=1S/C21H26N2O2/c24-21(19-12-18(19)20-9-5-11-25-20)22-13-17-8-4-10-23(15-17)14-16-6-2-1-3-7-16/h1-3,5-7,9,11,17-19H,4,8,10,12-15H2,(H,22,24)/t17-,18+,19-/m0/s1. The largest absolute Gasteiger partial charge is 0.469 e. The molecule has 0 spiro atoms. The molecular weight excluding hydrogens is 312 g/mol. The van der Waals surface area contributed by atoms with Crippen LogP contribution in [0.1, 0.15) is 36.5 Å². The predicted octanol–water partition coefficient (Wildman–Crippen LogP) is 3.41. The van der Waals surface area contributed by atoms with E-state index in [2.05, 4.69) is 40.5 Å². The lowest BCUT2D eigenvalue weighted by Gasteiger charge is -2.32. The van der Waals surface area contributed by atoms with Gasteiger partial charge in [0.15, 0.2) is 0 Å². The Morgan fingerprint density at radius 2 is 2.08 bits per heavy atom. The second-order valence-electron chi connectivity index (χ2n) is 7.44. The van der Waals surface area contributed by atoms with Crippen LogP contribution in [-0.4, -0.2) is 30.4 Å². The second kappa shape index (κ2) is 7.44. The third kappa shape index (κ3) is 4.13. The number of amides is 1. The van der Waals surface area contributed by atoms with Gasteiger partial charge in [-0.15, -0.1) is 0 Å². The summed E-state index contributed by atoms with van der Waals surface area (Å²) in [6, 6.07) is 14.5. The third-order valence-electron chi connectivity index (χ3n) is 5.45. The fourth-order valence-electron chi connectivity index (χ4n) is 3.98. The van der Waals surface area contributed by atoms with Gasteiger partial charge in [0, 0.05) is 31.5 Å². The number of benzene rings is 1. The molecule has 0 unspecified atom stereocenters. The highest BCUT2D eigenvalue weighted by Gasteiger charge is 2.45. The topological polar surface area (TPSA) is 45.5 Å². The zero-order chi connectivity index (χ0) is 17.1. The van der Waals surface area contributed by atoms with Crippen molar-refractivity contribution in [2.45, 2.75) is 31.7 Å². The molecule has 2 fully saturated rings. The molecular formula is C21H26N2O2. The van der Waals surface area contributed by atoms with Crippen molar-refractivity contribution < 1.29 is 9.21 Å². The van der Waals surface area contributed by atoms with E-state index in [4.69, 9.17) is 4.42 Å². The summed E-state index contributed by atoms with van der Waals surface area (Å²) in [5.41, 5.74) is 1.37. The molecule has 1 aromatic heterocycles. The van der Waals surface area contributed by atoms with Crippen LogP contribution in [0, 0.1) is 11.8 Å². The van der Waals surface area contributed by atoms with Crippen LogP contribution in [-0.2, 0) is 11.3 Å². The molecule has 2 aliphatic rings. The second-order valence-corrected chi connectivity index (χ2v) is 7.44. The number of rotatable bonds is 6. The summed E-state index contributed by atoms with van der Waals surface area (Å²) in [5.74, 6) is 2.10. The van der Waals surface area contributed by atoms with Crippen molar-refractivity contribution in [3.8, 4) is 0 Å². The summed E-state index contributed by atoms with van der Waals surface area (Å²) < 4.78 is 5.42. The lowest BCUT2D eigenvalue weighted by molar-refractivity contribution is -0.122. The van der Waals surface area contributed by atoms with Gasteiger partial charge in [0.1, 0.15) is 5.76 Å². The first-order chi connectivity index (χ1) is 12.3. The number of nitrogens with one attached hydrogen (secondary N) is 1. The molecule has 1 amide bonds. The van der Waals surface area contributed by atoms with E-state index in [-0.39, 0.29) is 17.7 Å². The van der Waals surface area contributed by atoms with E-state index in [9.17, 15) is 4.79 Å². The Morgan fingerprint density at radius 1 is 1.20 bits per heavy atom. The molecule has 4 heteroatoms. The zero-order valence-corrected chi connectivity index (χ0v) is 14.6. The monoisotopic (exact) mass is 338 g/mol.